The van der Waals surface area contributed by atoms with Crippen LogP contribution < -0.4 is 10.6 Å². The van der Waals surface area contributed by atoms with E-state index >= 15 is 0 Å². The summed E-state index contributed by atoms with van der Waals surface area (Å²) in [5.74, 6) is -0.981. The van der Waals surface area contributed by atoms with Gasteiger partial charge in [0.25, 0.3) is 0 Å². The molecule has 1 aliphatic heterocycles. The van der Waals surface area contributed by atoms with Crippen molar-refractivity contribution in [2.24, 2.45) is 0 Å². The minimum absolute atomic E-state index is 0.130. The van der Waals surface area contributed by atoms with Crippen molar-refractivity contribution in [2.75, 3.05) is 13.2 Å². The van der Waals surface area contributed by atoms with Gasteiger partial charge in [0.05, 0.1) is 0 Å². The molecule has 1 heterocycles. The maximum absolute atomic E-state index is 12.1. The fourth-order valence-corrected chi connectivity index (χ4v) is 2.77. The van der Waals surface area contributed by atoms with Crippen molar-refractivity contribution in [3.8, 4) is 0 Å². The molecule has 0 aromatic rings. The first-order valence-electron chi connectivity index (χ1n) is 6.93. The molecule has 1 saturated heterocycles. The van der Waals surface area contributed by atoms with Crippen LogP contribution in [0.1, 0.15) is 45.4 Å². The largest absolute Gasteiger partial charge is 0.480 e. The molecule has 0 spiro atoms. The molecule has 0 bridgehead atoms. The van der Waals surface area contributed by atoms with Gasteiger partial charge in [-0.15, -0.1) is 0 Å². The van der Waals surface area contributed by atoms with E-state index in [9.17, 15) is 14.7 Å². The number of hydrogen-bond acceptors (Lipinski definition) is 3. The van der Waals surface area contributed by atoms with Crippen LogP contribution in [-0.2, 0) is 9.53 Å². The van der Waals surface area contributed by atoms with Crippen molar-refractivity contribution in [3.63, 3.8) is 0 Å². The molecule has 2 fully saturated rings. The fourth-order valence-electron chi connectivity index (χ4n) is 2.77. The van der Waals surface area contributed by atoms with Crippen LogP contribution in [0.4, 0.5) is 4.79 Å². The molecule has 0 aromatic heterocycles. The molecule has 6 heteroatoms. The van der Waals surface area contributed by atoms with E-state index in [2.05, 4.69) is 10.6 Å². The van der Waals surface area contributed by atoms with E-state index in [0.717, 1.165) is 25.7 Å². The second-order valence-electron chi connectivity index (χ2n) is 5.57. The summed E-state index contributed by atoms with van der Waals surface area (Å²) in [5.41, 5.74) is -1.31. The molecule has 2 rings (SSSR count). The molecular weight excluding hydrogens is 248 g/mol. The van der Waals surface area contributed by atoms with Crippen molar-refractivity contribution in [2.45, 2.75) is 56.5 Å². The minimum Gasteiger partial charge on any atom is -0.480 e. The molecule has 19 heavy (non-hydrogen) atoms. The van der Waals surface area contributed by atoms with Crippen LogP contribution >= 0.6 is 0 Å². The molecule has 0 aromatic carbocycles. The molecular formula is C13H22N2O4. The van der Waals surface area contributed by atoms with Gasteiger partial charge in [0.15, 0.2) is 0 Å². The topological polar surface area (TPSA) is 87.7 Å². The number of carbonyl (C=O) groups excluding carboxylic acids is 1. The first-order valence-corrected chi connectivity index (χ1v) is 6.93. The monoisotopic (exact) mass is 270 g/mol. The Morgan fingerprint density at radius 1 is 1.16 bits per heavy atom. The summed E-state index contributed by atoms with van der Waals surface area (Å²) in [6, 6.07) is -0.370. The smallest absolute Gasteiger partial charge is 0.329 e. The van der Waals surface area contributed by atoms with Crippen molar-refractivity contribution in [3.05, 3.63) is 0 Å². The summed E-state index contributed by atoms with van der Waals surface area (Å²) in [5, 5.41) is 15.0. The Balaban J connectivity index is 1.97. The standard InChI is InChI=1S/C13H22N2O4/c1-2-12(4-3-5-12)14-11(18)15-13(10(16)17)6-8-19-9-7-13/h2-9H2,1H3,(H,16,17)(H2,14,15,18). The first kappa shape index (κ1) is 14.1. The minimum atomic E-state index is -1.18. The van der Waals surface area contributed by atoms with E-state index in [-0.39, 0.29) is 11.6 Å². The zero-order valence-corrected chi connectivity index (χ0v) is 11.3. The van der Waals surface area contributed by atoms with Crippen LogP contribution in [0.5, 0.6) is 0 Å². The SMILES string of the molecule is CCC1(NC(=O)NC2(C(=O)O)CCOCC2)CCC1. The van der Waals surface area contributed by atoms with Crippen LogP contribution in [0, 0.1) is 0 Å². The number of carboxylic acid groups (broad SMARTS) is 1. The Hall–Kier alpha value is -1.30. The summed E-state index contributed by atoms with van der Waals surface area (Å²) in [4.78, 5) is 23.5. The third kappa shape index (κ3) is 2.83. The zero-order valence-electron chi connectivity index (χ0n) is 11.3. The normalized spacial score (nSPS) is 24.1. The van der Waals surface area contributed by atoms with Gasteiger partial charge in [-0.05, 0) is 25.7 Å². The molecule has 6 nitrogen and oxygen atoms in total. The van der Waals surface area contributed by atoms with E-state index in [0.29, 0.717) is 26.1 Å². The van der Waals surface area contributed by atoms with Gasteiger partial charge in [0.1, 0.15) is 5.54 Å². The molecule has 0 atom stereocenters. The number of rotatable bonds is 4. The average molecular weight is 270 g/mol. The molecule has 2 aliphatic rings. The Morgan fingerprint density at radius 3 is 2.21 bits per heavy atom. The summed E-state index contributed by atoms with van der Waals surface area (Å²) in [6.07, 6.45) is 4.57. The number of amides is 2. The maximum Gasteiger partial charge on any atom is 0.329 e. The van der Waals surface area contributed by atoms with E-state index in [1.165, 1.54) is 0 Å². The zero-order chi connectivity index (χ0) is 13.9. The van der Waals surface area contributed by atoms with Gasteiger partial charge in [0, 0.05) is 31.6 Å². The summed E-state index contributed by atoms with van der Waals surface area (Å²) in [6.45, 7) is 2.78. The summed E-state index contributed by atoms with van der Waals surface area (Å²) in [7, 11) is 0. The molecule has 0 unspecified atom stereocenters. The molecule has 3 N–H and O–H groups in total. The lowest BCUT2D eigenvalue weighted by Crippen LogP contribution is -2.63. The van der Waals surface area contributed by atoms with Crippen molar-refractivity contribution >= 4 is 12.0 Å². The quantitative estimate of drug-likeness (QED) is 0.717. The molecule has 2 amide bonds. The van der Waals surface area contributed by atoms with E-state index < -0.39 is 11.5 Å². The Bertz CT molecular complexity index is 354. The highest BCUT2D eigenvalue weighted by Crippen LogP contribution is 2.34. The van der Waals surface area contributed by atoms with Crippen LogP contribution in [0.2, 0.25) is 0 Å². The molecule has 108 valence electrons. The van der Waals surface area contributed by atoms with Gasteiger partial charge in [-0.1, -0.05) is 6.92 Å². The van der Waals surface area contributed by atoms with Crippen LogP contribution in [0.25, 0.3) is 0 Å². The lowest BCUT2D eigenvalue weighted by molar-refractivity contribution is -0.148. The number of urea groups is 1. The van der Waals surface area contributed by atoms with E-state index in [1.54, 1.807) is 0 Å². The molecule has 0 radical (unpaired) electrons. The van der Waals surface area contributed by atoms with Gasteiger partial charge < -0.3 is 20.5 Å². The number of nitrogens with one attached hydrogen (secondary N) is 2. The van der Waals surface area contributed by atoms with Gasteiger partial charge in [-0.3, -0.25) is 0 Å². The highest BCUT2D eigenvalue weighted by Gasteiger charge is 2.43. The maximum atomic E-state index is 12.1. The summed E-state index contributed by atoms with van der Waals surface area (Å²) < 4.78 is 5.18. The number of hydrogen-bond donors (Lipinski definition) is 3. The average Bonchev–Trinajstić information content (AvgIpc) is 2.35. The van der Waals surface area contributed by atoms with Crippen LogP contribution in [0.15, 0.2) is 0 Å². The van der Waals surface area contributed by atoms with E-state index in [4.69, 9.17) is 4.74 Å². The van der Waals surface area contributed by atoms with Crippen molar-refractivity contribution in [1.29, 1.82) is 0 Å². The van der Waals surface area contributed by atoms with Gasteiger partial charge in [-0.25, -0.2) is 9.59 Å². The summed E-state index contributed by atoms with van der Waals surface area (Å²) >= 11 is 0. The Kier molecular flexibility index (Phi) is 3.99. The number of carbonyl (C=O) groups is 2. The lowest BCUT2D eigenvalue weighted by atomic mass is 9.75. The van der Waals surface area contributed by atoms with Crippen LogP contribution in [0.3, 0.4) is 0 Å². The van der Waals surface area contributed by atoms with Gasteiger partial charge in [0.2, 0.25) is 0 Å². The van der Waals surface area contributed by atoms with Crippen molar-refractivity contribution in [1.82, 2.24) is 10.6 Å². The Labute approximate surface area is 112 Å². The first-order chi connectivity index (χ1) is 9.02. The molecule has 1 saturated carbocycles. The second kappa shape index (κ2) is 5.36. The predicted molar refractivity (Wildman–Crippen MR) is 69.0 cm³/mol. The fraction of sp³-hybridized carbons (Fsp3) is 0.846. The Morgan fingerprint density at radius 2 is 1.79 bits per heavy atom. The third-order valence-electron chi connectivity index (χ3n) is 4.47. The van der Waals surface area contributed by atoms with Gasteiger partial charge in [-0.2, -0.15) is 0 Å². The lowest BCUT2D eigenvalue weighted by Gasteiger charge is -2.43. The molecule has 1 aliphatic carbocycles. The third-order valence-corrected chi connectivity index (χ3v) is 4.47. The highest BCUT2D eigenvalue weighted by molar-refractivity contribution is 5.86. The highest BCUT2D eigenvalue weighted by atomic mass is 16.5. The van der Waals surface area contributed by atoms with Crippen LogP contribution in [-0.4, -0.2) is 41.4 Å². The van der Waals surface area contributed by atoms with Gasteiger partial charge >= 0.3 is 12.0 Å². The second-order valence-corrected chi connectivity index (χ2v) is 5.57. The van der Waals surface area contributed by atoms with E-state index in [1.807, 2.05) is 6.92 Å². The van der Waals surface area contributed by atoms with Crippen molar-refractivity contribution < 1.29 is 19.4 Å². The number of aliphatic carboxylic acids is 1. The number of carboxylic acids is 1. The number of ether oxygens (including phenoxy) is 1. The predicted octanol–water partition coefficient (Wildman–Crippen LogP) is 1.25.